The third-order valence-electron chi connectivity index (χ3n) is 5.49. The van der Waals surface area contributed by atoms with E-state index in [1.165, 1.54) is 5.36 Å². The minimum Gasteiger partial charge on any atom is -0.378 e. The lowest BCUT2D eigenvalue weighted by atomic mass is 10.2. The highest BCUT2D eigenvalue weighted by molar-refractivity contribution is 7.21. The normalized spacial score (nSPS) is 20.5. The number of benzene rings is 2. The van der Waals surface area contributed by atoms with E-state index in [4.69, 9.17) is 4.74 Å². The molecule has 7 heteroatoms. The lowest BCUT2D eigenvalue weighted by molar-refractivity contribution is 0.122. The Balaban J connectivity index is 1.62. The molecule has 28 heavy (non-hydrogen) atoms. The fourth-order valence-electron chi connectivity index (χ4n) is 3.97. The summed E-state index contributed by atoms with van der Waals surface area (Å²) in [4.78, 5) is 7.91. The third kappa shape index (κ3) is 3.50. The highest BCUT2D eigenvalue weighted by Gasteiger charge is 2.18. The van der Waals surface area contributed by atoms with Crippen molar-refractivity contribution in [2.45, 2.75) is 6.42 Å². The van der Waals surface area contributed by atoms with Gasteiger partial charge in [0.2, 0.25) is 5.36 Å². The number of nitrogens with one attached hydrogen (secondary N) is 1. The van der Waals surface area contributed by atoms with Crippen molar-refractivity contribution in [3.63, 3.8) is 0 Å². The van der Waals surface area contributed by atoms with Crippen molar-refractivity contribution in [1.82, 2.24) is 14.9 Å². The molecule has 3 heterocycles. The molecule has 5 nitrogen and oxygen atoms in total. The second kappa shape index (κ2) is 7.73. The molecule has 0 atom stereocenters. The fourth-order valence-corrected chi connectivity index (χ4v) is 5.02. The van der Waals surface area contributed by atoms with Gasteiger partial charge in [-0.15, -0.1) is 11.3 Å². The van der Waals surface area contributed by atoms with Gasteiger partial charge in [0.05, 0.1) is 35.0 Å². The smallest absolute Gasteiger partial charge is 0.201 e. The van der Waals surface area contributed by atoms with Crippen LogP contribution in [0.1, 0.15) is 6.42 Å². The molecule has 2 saturated heterocycles. The van der Waals surface area contributed by atoms with Gasteiger partial charge in [0.1, 0.15) is 12.1 Å². The Bertz CT molecular complexity index is 1030. The van der Waals surface area contributed by atoms with Crippen molar-refractivity contribution in [3.8, 4) is 10.6 Å². The first kappa shape index (κ1) is 18.0. The first-order valence-corrected chi connectivity index (χ1v) is 10.8. The summed E-state index contributed by atoms with van der Waals surface area (Å²) < 4.78 is 23.5. The number of morpholine rings is 1. The van der Waals surface area contributed by atoms with Crippen molar-refractivity contribution in [1.29, 1.82) is 0 Å². The molecule has 1 N–H and O–H groups in total. The number of halogens is 1. The van der Waals surface area contributed by atoms with Crippen molar-refractivity contribution >= 4 is 27.2 Å². The van der Waals surface area contributed by atoms with Crippen LogP contribution in [0.5, 0.6) is 0 Å². The van der Waals surface area contributed by atoms with Gasteiger partial charge >= 0.3 is 0 Å². The van der Waals surface area contributed by atoms with Crippen LogP contribution in [0, 0.1) is 5.82 Å². The summed E-state index contributed by atoms with van der Waals surface area (Å²) in [6, 6.07) is 10.0. The minimum atomic E-state index is -0.250. The highest BCUT2D eigenvalue weighted by atomic mass is 32.1. The van der Waals surface area contributed by atoms with Crippen molar-refractivity contribution in [2.24, 2.45) is 0 Å². The van der Waals surface area contributed by atoms with E-state index in [0.29, 0.717) is 18.7 Å². The molecule has 3 aliphatic heterocycles. The zero-order chi connectivity index (χ0) is 18.9. The summed E-state index contributed by atoms with van der Waals surface area (Å²) in [6.07, 6.45) is 1.14. The van der Waals surface area contributed by atoms with E-state index in [0.717, 1.165) is 66.6 Å². The van der Waals surface area contributed by atoms with Gasteiger partial charge in [-0.3, -0.25) is 0 Å². The predicted octanol–water partition coefficient (Wildman–Crippen LogP) is 2.14. The van der Waals surface area contributed by atoms with E-state index in [2.05, 4.69) is 38.0 Å². The summed E-state index contributed by atoms with van der Waals surface area (Å²) >= 11 is 1.62. The Morgan fingerprint density at radius 1 is 1.11 bits per heavy atom. The number of nitrogens with zero attached hydrogens (tertiary/aromatic N) is 3. The van der Waals surface area contributed by atoms with Crippen LogP contribution >= 0.6 is 11.3 Å². The molecule has 0 aromatic heterocycles. The van der Waals surface area contributed by atoms with Crippen LogP contribution in [0.25, 0.3) is 20.8 Å². The molecular weight excluding hydrogens is 375 g/mol. The summed E-state index contributed by atoms with van der Waals surface area (Å²) in [5, 5.41) is 4.67. The Labute approximate surface area is 167 Å². The Morgan fingerprint density at radius 3 is 2.89 bits per heavy atom. The molecule has 146 valence electrons. The Kier molecular flexibility index (Phi) is 4.96. The van der Waals surface area contributed by atoms with Crippen molar-refractivity contribution in [2.75, 3.05) is 57.4 Å². The molecule has 0 amide bonds. The largest absolute Gasteiger partial charge is 0.378 e. The molecule has 2 fully saturated rings. The third-order valence-corrected chi connectivity index (χ3v) is 6.57. The number of hydrogen-bond acceptors (Lipinski definition) is 5. The summed E-state index contributed by atoms with van der Waals surface area (Å²) in [5.74, 6) is -0.250. The zero-order valence-electron chi connectivity index (χ0n) is 15.8. The van der Waals surface area contributed by atoms with Crippen molar-refractivity contribution < 1.29 is 9.13 Å². The monoisotopic (exact) mass is 399 g/mol. The van der Waals surface area contributed by atoms with Gasteiger partial charge in [-0.1, -0.05) is 0 Å². The Morgan fingerprint density at radius 2 is 2.00 bits per heavy atom. The van der Waals surface area contributed by atoms with E-state index >= 15 is 0 Å². The molecule has 0 saturated carbocycles. The van der Waals surface area contributed by atoms with Crippen LogP contribution in [0.4, 0.5) is 10.1 Å². The second-order valence-electron chi connectivity index (χ2n) is 7.33. The van der Waals surface area contributed by atoms with Crippen LogP contribution in [-0.2, 0) is 4.74 Å². The van der Waals surface area contributed by atoms with Crippen LogP contribution in [-0.4, -0.2) is 57.5 Å². The zero-order valence-corrected chi connectivity index (χ0v) is 16.6. The van der Waals surface area contributed by atoms with E-state index in [9.17, 15) is 4.39 Å². The van der Waals surface area contributed by atoms with Crippen LogP contribution in [0.3, 0.4) is 0 Å². The first-order valence-electron chi connectivity index (χ1n) is 9.93. The molecule has 4 aliphatic rings. The maximum Gasteiger partial charge on any atom is 0.201 e. The molecule has 1 aliphatic carbocycles. The second-order valence-corrected chi connectivity index (χ2v) is 8.41. The standard InChI is InChI=1S/C21H24FN4OS/c22-17-12-16(26-8-10-27-11-9-26)14-20-21(17)24-18-3-2-15(13-19(18)28-20)25-6-1-4-23-5-7-25/h2-3,12-14,23H,1,4-11H2/q+1. The molecule has 0 radical (unpaired) electrons. The summed E-state index contributed by atoms with van der Waals surface area (Å²) in [7, 11) is 0. The van der Waals surface area contributed by atoms with Gasteiger partial charge in [0.25, 0.3) is 0 Å². The molecule has 1 aromatic carbocycles. The van der Waals surface area contributed by atoms with Gasteiger partial charge in [-0.2, -0.15) is 0 Å². The molecule has 0 spiro atoms. The maximum absolute atomic E-state index is 14.8. The van der Waals surface area contributed by atoms with E-state index in [-0.39, 0.29) is 5.82 Å². The number of fused-ring (bicyclic) bond motifs is 2. The average Bonchev–Trinajstić information content (AvgIpc) is 3.02. The van der Waals surface area contributed by atoms with E-state index in [1.807, 2.05) is 6.07 Å². The van der Waals surface area contributed by atoms with Crippen molar-refractivity contribution in [3.05, 3.63) is 41.5 Å². The van der Waals surface area contributed by atoms with Gasteiger partial charge in [-0.05, 0) is 18.2 Å². The van der Waals surface area contributed by atoms with Gasteiger partial charge in [0.15, 0.2) is 12.4 Å². The molecule has 0 unspecified atom stereocenters. The Hall–Kier alpha value is -2.09. The van der Waals surface area contributed by atoms with Gasteiger partial charge in [-0.25, -0.2) is 13.9 Å². The number of rotatable bonds is 1. The topological polar surface area (TPSA) is 40.4 Å². The quantitative estimate of drug-likeness (QED) is 0.503. The van der Waals surface area contributed by atoms with Gasteiger partial charge < -0.3 is 15.0 Å². The lowest BCUT2D eigenvalue weighted by Gasteiger charge is -2.29. The number of hydrogen-bond donors (Lipinski definition) is 1. The molecule has 5 rings (SSSR count). The summed E-state index contributed by atoms with van der Waals surface area (Å²) in [5.41, 5.74) is 2.23. The first-order chi connectivity index (χ1) is 13.8. The van der Waals surface area contributed by atoms with Crippen LogP contribution < -0.4 is 20.1 Å². The molecular formula is C21H24FN4OS+. The van der Waals surface area contributed by atoms with E-state index < -0.39 is 0 Å². The fraction of sp³-hybridized carbons (Fsp3) is 0.429. The summed E-state index contributed by atoms with van der Waals surface area (Å²) in [6.45, 7) is 7.11. The van der Waals surface area contributed by atoms with E-state index in [1.54, 1.807) is 17.4 Å². The lowest BCUT2D eigenvalue weighted by Crippen LogP contribution is -2.36. The average molecular weight is 400 g/mol. The van der Waals surface area contributed by atoms with Gasteiger partial charge in [0, 0.05) is 43.9 Å². The highest BCUT2D eigenvalue weighted by Crippen LogP contribution is 2.33. The van der Waals surface area contributed by atoms with Crippen LogP contribution in [0.15, 0.2) is 30.3 Å². The number of ether oxygens (including phenoxy) is 1. The number of anilines is 1. The van der Waals surface area contributed by atoms with Crippen LogP contribution in [0.2, 0.25) is 0 Å². The number of aromatic nitrogens is 1. The molecule has 1 aromatic rings. The molecule has 0 bridgehead atoms. The SMILES string of the molecule is Fc1cc(N2CCOCC2)cc2sc3cc(=[N+]4CCCNCC4)ccc-3nc12. The maximum atomic E-state index is 14.8. The predicted molar refractivity (Wildman–Crippen MR) is 112 cm³/mol. The minimum absolute atomic E-state index is 0.250.